The molecule has 5 heteroatoms. The normalized spacial score (nSPS) is 17.9. The van der Waals surface area contributed by atoms with E-state index in [1.54, 1.807) is 18.3 Å². The summed E-state index contributed by atoms with van der Waals surface area (Å²) >= 11 is 0. The van der Waals surface area contributed by atoms with Crippen molar-refractivity contribution in [3.63, 3.8) is 0 Å². The largest absolute Gasteiger partial charge is 0.472 e. The van der Waals surface area contributed by atoms with Crippen molar-refractivity contribution in [3.05, 3.63) is 60.1 Å². The van der Waals surface area contributed by atoms with Crippen LogP contribution >= 0.6 is 0 Å². The lowest BCUT2D eigenvalue weighted by molar-refractivity contribution is -0.128. The molecule has 124 valence electrons. The molecule has 2 heterocycles. The average Bonchev–Trinajstić information content (AvgIpc) is 2.61. The molecule has 1 unspecified atom stereocenters. The molecule has 0 aliphatic carbocycles. The van der Waals surface area contributed by atoms with E-state index in [4.69, 9.17) is 4.74 Å². The zero-order chi connectivity index (χ0) is 16.8. The summed E-state index contributed by atoms with van der Waals surface area (Å²) in [4.78, 5) is 22.5. The van der Waals surface area contributed by atoms with Gasteiger partial charge in [0.2, 0.25) is 11.8 Å². The van der Waals surface area contributed by atoms with E-state index < -0.39 is 0 Å². The highest BCUT2D eigenvalue weighted by Gasteiger charge is 2.24. The van der Waals surface area contributed by atoms with Gasteiger partial charge in [-0.2, -0.15) is 4.98 Å². The SMILES string of the molecule is Cc1nccc(OC2CCCN(C(=O)C=Cc3ccccc3)C2)n1. The highest BCUT2D eigenvalue weighted by atomic mass is 16.5. The number of aromatic nitrogens is 2. The van der Waals surface area contributed by atoms with E-state index >= 15 is 0 Å². The minimum Gasteiger partial charge on any atom is -0.472 e. The molecule has 1 fully saturated rings. The zero-order valence-electron chi connectivity index (χ0n) is 13.8. The van der Waals surface area contributed by atoms with Crippen LogP contribution in [0.4, 0.5) is 0 Å². The second-order valence-electron chi connectivity index (χ2n) is 5.85. The standard InChI is InChI=1S/C19H21N3O2/c1-15-20-12-11-18(21-15)24-17-8-5-13-22(14-17)19(23)10-9-16-6-3-2-4-7-16/h2-4,6-7,9-12,17H,5,8,13-14H2,1H3. The minimum atomic E-state index is -0.0258. The summed E-state index contributed by atoms with van der Waals surface area (Å²) in [6.07, 6.45) is 7.00. The summed E-state index contributed by atoms with van der Waals surface area (Å²) in [7, 11) is 0. The lowest BCUT2D eigenvalue weighted by Gasteiger charge is -2.32. The Morgan fingerprint density at radius 3 is 2.92 bits per heavy atom. The third-order valence-corrected chi connectivity index (χ3v) is 3.95. The summed E-state index contributed by atoms with van der Waals surface area (Å²) in [5.74, 6) is 1.27. The molecule has 0 N–H and O–H groups in total. The molecule has 0 radical (unpaired) electrons. The van der Waals surface area contributed by atoms with Gasteiger partial charge < -0.3 is 9.64 Å². The van der Waals surface area contributed by atoms with Crippen LogP contribution < -0.4 is 4.74 Å². The molecule has 1 saturated heterocycles. The molecule has 0 bridgehead atoms. The Morgan fingerprint density at radius 1 is 1.29 bits per heavy atom. The molecule has 1 aliphatic rings. The lowest BCUT2D eigenvalue weighted by atomic mass is 10.1. The number of aryl methyl sites for hydroxylation is 1. The first-order valence-electron chi connectivity index (χ1n) is 8.19. The van der Waals surface area contributed by atoms with Crippen LogP contribution in [0.5, 0.6) is 5.88 Å². The Balaban J connectivity index is 1.58. The number of piperidine rings is 1. The third-order valence-electron chi connectivity index (χ3n) is 3.95. The van der Waals surface area contributed by atoms with Gasteiger partial charge in [-0.1, -0.05) is 30.3 Å². The molecule has 2 aromatic rings. The Morgan fingerprint density at radius 2 is 2.12 bits per heavy atom. The highest BCUT2D eigenvalue weighted by Crippen LogP contribution is 2.17. The minimum absolute atomic E-state index is 0.0195. The first-order valence-corrected chi connectivity index (χ1v) is 8.19. The summed E-state index contributed by atoms with van der Waals surface area (Å²) in [6.45, 7) is 3.18. The Hall–Kier alpha value is -2.69. The number of benzene rings is 1. The molecule has 0 saturated carbocycles. The van der Waals surface area contributed by atoms with Crippen LogP contribution in [-0.4, -0.2) is 40.0 Å². The number of nitrogens with zero attached hydrogens (tertiary/aromatic N) is 3. The Kier molecular flexibility index (Phi) is 5.21. The summed E-state index contributed by atoms with van der Waals surface area (Å²) < 4.78 is 5.91. The number of amides is 1. The molecule has 3 rings (SSSR count). The average molecular weight is 323 g/mol. The van der Waals surface area contributed by atoms with E-state index in [1.165, 1.54) is 0 Å². The van der Waals surface area contributed by atoms with Gasteiger partial charge in [0.25, 0.3) is 0 Å². The molecular formula is C19H21N3O2. The van der Waals surface area contributed by atoms with Crippen LogP contribution in [0.25, 0.3) is 6.08 Å². The third kappa shape index (κ3) is 4.41. The predicted octanol–water partition coefficient (Wildman–Crippen LogP) is 2.87. The van der Waals surface area contributed by atoms with E-state index in [9.17, 15) is 4.79 Å². The smallest absolute Gasteiger partial charge is 0.246 e. The highest BCUT2D eigenvalue weighted by molar-refractivity contribution is 5.91. The maximum absolute atomic E-state index is 12.4. The summed E-state index contributed by atoms with van der Waals surface area (Å²) in [5, 5.41) is 0. The fourth-order valence-electron chi connectivity index (χ4n) is 2.74. The van der Waals surface area contributed by atoms with Gasteiger partial charge in [0.05, 0.1) is 6.54 Å². The molecule has 24 heavy (non-hydrogen) atoms. The van der Waals surface area contributed by atoms with E-state index in [0.29, 0.717) is 18.2 Å². The van der Waals surface area contributed by atoms with E-state index in [-0.39, 0.29) is 12.0 Å². The van der Waals surface area contributed by atoms with Gasteiger partial charge in [0.15, 0.2) is 0 Å². The van der Waals surface area contributed by atoms with Crippen molar-refractivity contribution in [1.29, 1.82) is 0 Å². The van der Waals surface area contributed by atoms with Crippen LogP contribution in [0.2, 0.25) is 0 Å². The van der Waals surface area contributed by atoms with Gasteiger partial charge in [0, 0.05) is 24.9 Å². The van der Waals surface area contributed by atoms with Crippen molar-refractivity contribution < 1.29 is 9.53 Å². The van der Waals surface area contributed by atoms with Crippen LogP contribution in [0.15, 0.2) is 48.7 Å². The summed E-state index contributed by atoms with van der Waals surface area (Å²) in [6, 6.07) is 11.6. The molecule has 1 aliphatic heterocycles. The zero-order valence-corrected chi connectivity index (χ0v) is 13.8. The van der Waals surface area contributed by atoms with Crippen molar-refractivity contribution in [2.24, 2.45) is 0 Å². The molecule has 5 nitrogen and oxygen atoms in total. The summed E-state index contributed by atoms with van der Waals surface area (Å²) in [5.41, 5.74) is 1.02. The fourth-order valence-corrected chi connectivity index (χ4v) is 2.74. The van der Waals surface area contributed by atoms with E-state index in [0.717, 1.165) is 24.9 Å². The number of ether oxygens (including phenoxy) is 1. The van der Waals surface area contributed by atoms with Gasteiger partial charge in [-0.3, -0.25) is 4.79 Å². The van der Waals surface area contributed by atoms with Crippen LogP contribution in [-0.2, 0) is 4.79 Å². The second kappa shape index (κ2) is 7.73. The van der Waals surface area contributed by atoms with Gasteiger partial charge in [0.1, 0.15) is 11.9 Å². The van der Waals surface area contributed by atoms with Gasteiger partial charge in [-0.25, -0.2) is 4.98 Å². The molecule has 0 spiro atoms. The van der Waals surface area contributed by atoms with Gasteiger partial charge in [-0.05, 0) is 31.4 Å². The van der Waals surface area contributed by atoms with Crippen molar-refractivity contribution in [2.45, 2.75) is 25.9 Å². The Bertz CT molecular complexity index is 716. The van der Waals surface area contributed by atoms with Crippen molar-refractivity contribution in [1.82, 2.24) is 14.9 Å². The second-order valence-corrected chi connectivity index (χ2v) is 5.85. The Labute approximate surface area is 142 Å². The maximum atomic E-state index is 12.4. The quantitative estimate of drug-likeness (QED) is 0.812. The number of likely N-dealkylation sites (tertiary alicyclic amines) is 1. The van der Waals surface area contributed by atoms with Crippen molar-refractivity contribution in [2.75, 3.05) is 13.1 Å². The molecular weight excluding hydrogens is 302 g/mol. The predicted molar refractivity (Wildman–Crippen MR) is 92.5 cm³/mol. The van der Waals surface area contributed by atoms with E-state index in [2.05, 4.69) is 9.97 Å². The lowest BCUT2D eigenvalue weighted by Crippen LogP contribution is -2.43. The van der Waals surface area contributed by atoms with Gasteiger partial charge >= 0.3 is 0 Å². The van der Waals surface area contributed by atoms with Crippen LogP contribution in [0.3, 0.4) is 0 Å². The number of carbonyl (C=O) groups is 1. The molecule has 1 aromatic carbocycles. The van der Waals surface area contributed by atoms with Crippen LogP contribution in [0, 0.1) is 6.92 Å². The number of hydrogen-bond acceptors (Lipinski definition) is 4. The molecule has 1 atom stereocenters. The maximum Gasteiger partial charge on any atom is 0.246 e. The van der Waals surface area contributed by atoms with Crippen molar-refractivity contribution in [3.8, 4) is 5.88 Å². The molecule has 1 amide bonds. The number of carbonyl (C=O) groups excluding carboxylic acids is 1. The van der Waals surface area contributed by atoms with Crippen LogP contribution in [0.1, 0.15) is 24.2 Å². The number of rotatable bonds is 4. The van der Waals surface area contributed by atoms with E-state index in [1.807, 2.05) is 48.2 Å². The first-order chi connectivity index (χ1) is 11.7. The topological polar surface area (TPSA) is 55.3 Å². The first kappa shape index (κ1) is 16.2. The molecule has 1 aromatic heterocycles. The van der Waals surface area contributed by atoms with Gasteiger partial charge in [-0.15, -0.1) is 0 Å². The number of hydrogen-bond donors (Lipinski definition) is 0. The van der Waals surface area contributed by atoms with Crippen molar-refractivity contribution >= 4 is 12.0 Å². The monoisotopic (exact) mass is 323 g/mol. The fraction of sp³-hybridized carbons (Fsp3) is 0.316.